The number of hydrogen-bond donors (Lipinski definition) is 0. The van der Waals surface area contributed by atoms with Crippen molar-refractivity contribution in [1.29, 1.82) is 0 Å². The monoisotopic (exact) mass is 366 g/mol. The maximum atomic E-state index is 14.5. The Balaban J connectivity index is 2.07. The van der Waals surface area contributed by atoms with Crippen LogP contribution in [0.25, 0.3) is 0 Å². The molecule has 0 aromatic heterocycles. The Morgan fingerprint density at radius 1 is 1.00 bits per heavy atom. The number of unbranched alkanes of at least 4 members (excludes halogenated alkanes) is 1. The van der Waals surface area contributed by atoms with Gasteiger partial charge in [-0.25, -0.2) is 0 Å². The van der Waals surface area contributed by atoms with Crippen molar-refractivity contribution in [1.82, 2.24) is 0 Å². The molecule has 0 unspecified atom stereocenters. The Morgan fingerprint density at radius 3 is 2.08 bits per heavy atom. The molecule has 0 heterocycles. The molecule has 0 N–H and O–H groups in total. The molecule has 0 amide bonds. The Labute approximate surface area is 144 Å². The molecule has 0 radical (unpaired) electrons. The van der Waals surface area contributed by atoms with Gasteiger partial charge in [0.05, 0.1) is 12.1 Å². The fraction of sp³-hybridized carbons (Fsp3) is 0.667. The first-order valence-corrected chi connectivity index (χ1v) is 9.19. The molecule has 6 heteroatoms. The van der Waals surface area contributed by atoms with Gasteiger partial charge in [0, 0.05) is 16.4 Å². The number of benzene rings is 1. The zero-order valence-corrected chi connectivity index (χ0v) is 14.5. The number of hydrogen-bond acceptors (Lipinski definition) is 1. The van der Waals surface area contributed by atoms with Crippen molar-refractivity contribution in [2.24, 2.45) is 11.8 Å². The number of halogens is 5. The van der Waals surface area contributed by atoms with E-state index >= 15 is 0 Å². The zero-order valence-electron chi connectivity index (χ0n) is 13.7. The van der Waals surface area contributed by atoms with Gasteiger partial charge < -0.3 is 0 Å². The molecule has 1 fully saturated rings. The molecular weight excluding hydrogens is 343 g/mol. The van der Waals surface area contributed by atoms with E-state index in [0.717, 1.165) is 43.5 Å². The highest BCUT2D eigenvalue weighted by molar-refractivity contribution is 7.94. The van der Waals surface area contributed by atoms with Crippen molar-refractivity contribution < 1.29 is 21.4 Å². The third kappa shape index (κ3) is 4.06. The smallest absolute Gasteiger partial charge is 0.199 e. The first-order chi connectivity index (χ1) is 11.3. The van der Waals surface area contributed by atoms with Crippen LogP contribution in [0.2, 0.25) is 0 Å². The average molecular weight is 366 g/mol. The van der Waals surface area contributed by atoms with Crippen molar-refractivity contribution in [3.05, 3.63) is 29.8 Å². The summed E-state index contributed by atoms with van der Waals surface area (Å²) >= 11 is -0.102. The molecule has 1 aliphatic rings. The lowest BCUT2D eigenvalue weighted by Crippen LogP contribution is -2.45. The van der Waals surface area contributed by atoms with Crippen LogP contribution in [0.4, 0.5) is 21.4 Å². The maximum absolute atomic E-state index is 14.5. The highest BCUT2D eigenvalue weighted by Gasteiger charge is 2.61. The van der Waals surface area contributed by atoms with Crippen LogP contribution in [0, 0.1) is 11.8 Å². The summed E-state index contributed by atoms with van der Waals surface area (Å²) in [6.45, 7) is 2.08. The largest absolute Gasteiger partial charge is 0.335 e. The van der Waals surface area contributed by atoms with Gasteiger partial charge in [-0.15, -0.1) is 0 Å². The second kappa shape index (κ2) is 8.07. The predicted octanol–water partition coefficient (Wildman–Crippen LogP) is 7.39. The summed E-state index contributed by atoms with van der Waals surface area (Å²) in [5, 5.41) is 0. The number of rotatable bonds is 7. The molecule has 0 atom stereocenters. The summed E-state index contributed by atoms with van der Waals surface area (Å²) in [7, 11) is 0. The van der Waals surface area contributed by atoms with E-state index < -0.39 is 23.3 Å². The van der Waals surface area contributed by atoms with E-state index in [2.05, 4.69) is 6.92 Å². The Bertz CT molecular complexity index is 507. The quantitative estimate of drug-likeness (QED) is 0.453. The van der Waals surface area contributed by atoms with Gasteiger partial charge in [-0.3, -0.25) is 0 Å². The van der Waals surface area contributed by atoms with Gasteiger partial charge in [0.1, 0.15) is 0 Å². The van der Waals surface area contributed by atoms with Gasteiger partial charge in [-0.05, 0) is 43.7 Å². The minimum atomic E-state index is -4.24. The molecule has 1 saturated carbocycles. The van der Waals surface area contributed by atoms with Crippen molar-refractivity contribution in [3.8, 4) is 0 Å². The first kappa shape index (κ1) is 19.5. The molecule has 1 aromatic carbocycles. The lowest BCUT2D eigenvalue weighted by molar-refractivity contribution is -0.249. The summed E-state index contributed by atoms with van der Waals surface area (Å²) in [6.07, 6.45) is 4.56. The summed E-state index contributed by atoms with van der Waals surface area (Å²) in [5.74, 6) is -9.26. The van der Waals surface area contributed by atoms with Crippen molar-refractivity contribution in [2.45, 2.75) is 68.6 Å². The average Bonchev–Trinajstić information content (AvgIpc) is 2.60. The van der Waals surface area contributed by atoms with Crippen LogP contribution in [-0.4, -0.2) is 5.92 Å². The van der Waals surface area contributed by atoms with E-state index in [-0.39, 0.29) is 29.9 Å². The zero-order chi connectivity index (χ0) is 17.8. The molecular formula is C18H23F5S. The number of alkyl halides is 4. The lowest BCUT2D eigenvalue weighted by atomic mass is 9.75. The van der Waals surface area contributed by atoms with Gasteiger partial charge in [0.15, 0.2) is 0 Å². The Morgan fingerprint density at radius 2 is 1.58 bits per heavy atom. The second-order valence-electron chi connectivity index (χ2n) is 6.66. The fourth-order valence-corrected chi connectivity index (χ4v) is 3.71. The van der Waals surface area contributed by atoms with Crippen molar-refractivity contribution in [2.75, 3.05) is 0 Å². The molecule has 0 spiro atoms. The van der Waals surface area contributed by atoms with Gasteiger partial charge in [0.2, 0.25) is 0 Å². The summed E-state index contributed by atoms with van der Waals surface area (Å²) in [6, 6.07) is 3.99. The lowest BCUT2D eigenvalue weighted by Gasteiger charge is -2.37. The highest BCUT2D eigenvalue weighted by Crippen LogP contribution is 2.52. The molecule has 1 aromatic rings. The van der Waals surface area contributed by atoms with Gasteiger partial charge in [-0.2, -0.15) is 21.4 Å². The third-order valence-electron chi connectivity index (χ3n) is 5.05. The van der Waals surface area contributed by atoms with E-state index in [9.17, 15) is 21.4 Å². The van der Waals surface area contributed by atoms with Gasteiger partial charge in [0.25, 0.3) is 0 Å². The fourth-order valence-electron chi connectivity index (χ4n) is 3.47. The van der Waals surface area contributed by atoms with E-state index in [4.69, 9.17) is 0 Å². The molecule has 0 nitrogen and oxygen atoms in total. The van der Waals surface area contributed by atoms with Crippen LogP contribution in [0.3, 0.4) is 0 Å². The molecule has 1 aliphatic carbocycles. The first-order valence-electron chi connectivity index (χ1n) is 8.47. The van der Waals surface area contributed by atoms with Crippen LogP contribution < -0.4 is 0 Å². The van der Waals surface area contributed by atoms with E-state index in [1.807, 2.05) is 0 Å². The topological polar surface area (TPSA) is 0 Å². The van der Waals surface area contributed by atoms with E-state index in [1.165, 1.54) is 0 Å². The minimum absolute atomic E-state index is 0.102. The SMILES string of the molecule is CCCCC1CCC(C(F)(F)C(F)(F)c2ccc(SF)cc2)CC1. The molecule has 0 aliphatic heterocycles. The highest BCUT2D eigenvalue weighted by atomic mass is 32.2. The van der Waals surface area contributed by atoms with Crippen LogP contribution in [-0.2, 0) is 5.92 Å². The van der Waals surface area contributed by atoms with E-state index in [0.29, 0.717) is 18.8 Å². The summed E-state index contributed by atoms with van der Waals surface area (Å²) in [5.41, 5.74) is -0.751. The summed E-state index contributed by atoms with van der Waals surface area (Å²) < 4.78 is 70.2. The normalized spacial score (nSPS) is 22.6. The molecule has 2 rings (SSSR count). The third-order valence-corrected chi connectivity index (χ3v) is 5.50. The van der Waals surface area contributed by atoms with Gasteiger partial charge >= 0.3 is 11.8 Å². The summed E-state index contributed by atoms with van der Waals surface area (Å²) in [4.78, 5) is 0.120. The molecule has 136 valence electrons. The van der Waals surface area contributed by atoms with Gasteiger partial charge in [-0.1, -0.05) is 38.3 Å². The molecule has 0 saturated heterocycles. The van der Waals surface area contributed by atoms with Crippen LogP contribution in [0.5, 0.6) is 0 Å². The van der Waals surface area contributed by atoms with Crippen LogP contribution in [0.15, 0.2) is 29.2 Å². The van der Waals surface area contributed by atoms with Crippen molar-refractivity contribution >= 4 is 12.1 Å². The molecule has 24 heavy (non-hydrogen) atoms. The Hall–Kier alpha value is -0.780. The maximum Gasteiger partial charge on any atom is 0.335 e. The van der Waals surface area contributed by atoms with E-state index in [1.54, 1.807) is 0 Å². The molecule has 0 bridgehead atoms. The van der Waals surface area contributed by atoms with Crippen molar-refractivity contribution in [3.63, 3.8) is 0 Å². The van der Waals surface area contributed by atoms with Crippen LogP contribution >= 0.6 is 12.1 Å². The second-order valence-corrected chi connectivity index (χ2v) is 7.28. The standard InChI is InChI=1S/C18H23F5S/c1-2-3-4-13-5-7-14(8-6-13)17(19,20)18(21,22)15-9-11-16(24-23)12-10-15/h9-14H,2-8H2,1H3. The Kier molecular flexibility index (Phi) is 6.57. The van der Waals surface area contributed by atoms with Crippen LogP contribution in [0.1, 0.15) is 57.4 Å². The minimum Gasteiger partial charge on any atom is -0.199 e. The predicted molar refractivity (Wildman–Crippen MR) is 87.2 cm³/mol.